The van der Waals surface area contributed by atoms with E-state index in [1.54, 1.807) is 6.20 Å². The smallest absolute Gasteiger partial charge is 0.113 e. The molecule has 34 heavy (non-hydrogen) atoms. The van der Waals surface area contributed by atoms with Crippen molar-refractivity contribution in [3.63, 3.8) is 0 Å². The predicted octanol–water partition coefficient (Wildman–Crippen LogP) is 5.22. The highest BCUT2D eigenvalue weighted by atomic mass is 35.5. The van der Waals surface area contributed by atoms with Gasteiger partial charge in [0.15, 0.2) is 0 Å². The molecule has 2 aromatic heterocycles. The van der Waals surface area contributed by atoms with Crippen molar-refractivity contribution >= 4 is 29.0 Å². The largest absolute Gasteiger partial charge is 0.334 e. The number of halogens is 1. The Morgan fingerprint density at radius 1 is 1.35 bits per heavy atom. The SMILES string of the molecule is C=Nc1ccc(C(C#N)c2cnc(C)n2C)cc1/C(Cl)=C(\C)CN1CCC(n2cccn2)CC1. The van der Waals surface area contributed by atoms with E-state index in [-0.39, 0.29) is 0 Å². The second kappa shape index (κ2) is 10.4. The van der Waals surface area contributed by atoms with E-state index in [1.165, 1.54) is 0 Å². The molecular weight excluding hydrogens is 446 g/mol. The number of aromatic nitrogens is 4. The lowest BCUT2D eigenvalue weighted by Gasteiger charge is -2.32. The highest BCUT2D eigenvalue weighted by Gasteiger charge is 2.23. The first-order valence-corrected chi connectivity index (χ1v) is 11.9. The first-order valence-electron chi connectivity index (χ1n) is 11.5. The van der Waals surface area contributed by atoms with Gasteiger partial charge in [0.2, 0.25) is 0 Å². The summed E-state index contributed by atoms with van der Waals surface area (Å²) in [4.78, 5) is 11.0. The minimum atomic E-state index is -0.449. The van der Waals surface area contributed by atoms with E-state index in [9.17, 15) is 5.26 Å². The number of nitrogens with zero attached hydrogens (tertiary/aromatic N) is 7. The zero-order valence-corrected chi connectivity index (χ0v) is 20.7. The quantitative estimate of drug-likeness (QED) is 0.439. The maximum atomic E-state index is 9.95. The van der Waals surface area contributed by atoms with Gasteiger partial charge in [0.05, 0.1) is 34.7 Å². The van der Waals surface area contributed by atoms with Crippen LogP contribution in [0.1, 0.15) is 54.4 Å². The Balaban J connectivity index is 1.55. The molecule has 3 aromatic rings. The fourth-order valence-corrected chi connectivity index (χ4v) is 4.83. The molecule has 1 unspecified atom stereocenters. The van der Waals surface area contributed by atoms with Gasteiger partial charge in [-0.15, -0.1) is 0 Å². The number of rotatable bonds is 7. The molecule has 1 aromatic carbocycles. The molecule has 1 atom stereocenters. The lowest BCUT2D eigenvalue weighted by Crippen LogP contribution is -2.35. The summed E-state index contributed by atoms with van der Waals surface area (Å²) < 4.78 is 4.01. The number of aliphatic imine (C=N–C) groups is 1. The molecule has 1 fully saturated rings. The van der Waals surface area contributed by atoms with Crippen molar-refractivity contribution < 1.29 is 0 Å². The maximum absolute atomic E-state index is 9.95. The van der Waals surface area contributed by atoms with Gasteiger partial charge in [0.1, 0.15) is 11.7 Å². The Bertz CT molecular complexity index is 1220. The number of benzene rings is 1. The van der Waals surface area contributed by atoms with Gasteiger partial charge in [-0.3, -0.25) is 14.6 Å². The van der Waals surface area contributed by atoms with Crippen LogP contribution < -0.4 is 0 Å². The zero-order valence-electron chi connectivity index (χ0n) is 19.9. The van der Waals surface area contributed by atoms with E-state index in [0.717, 1.165) is 60.7 Å². The normalized spacial score (nSPS) is 16.7. The third-order valence-corrected chi connectivity index (χ3v) is 7.26. The lowest BCUT2D eigenvalue weighted by molar-refractivity contribution is 0.192. The Morgan fingerprint density at radius 2 is 2.12 bits per heavy atom. The summed E-state index contributed by atoms with van der Waals surface area (Å²) in [6, 6.07) is 10.6. The highest BCUT2D eigenvalue weighted by molar-refractivity contribution is 6.49. The molecule has 0 amide bonds. The van der Waals surface area contributed by atoms with Crippen LogP contribution in [-0.4, -0.2) is 50.6 Å². The second-order valence-corrected chi connectivity index (χ2v) is 9.25. The Kier molecular flexibility index (Phi) is 7.30. The van der Waals surface area contributed by atoms with Gasteiger partial charge in [-0.1, -0.05) is 17.7 Å². The molecule has 0 aliphatic carbocycles. The third-order valence-electron chi connectivity index (χ3n) is 6.73. The van der Waals surface area contributed by atoms with E-state index in [2.05, 4.69) is 44.4 Å². The number of imidazole rings is 1. The van der Waals surface area contributed by atoms with Crippen LogP contribution in [0.3, 0.4) is 0 Å². The van der Waals surface area contributed by atoms with E-state index < -0.39 is 5.92 Å². The molecule has 0 radical (unpaired) electrons. The van der Waals surface area contributed by atoms with Crippen LogP contribution in [0.25, 0.3) is 5.03 Å². The van der Waals surface area contributed by atoms with Crippen molar-refractivity contribution in [2.24, 2.45) is 12.0 Å². The maximum Gasteiger partial charge on any atom is 0.113 e. The van der Waals surface area contributed by atoms with Gasteiger partial charge in [-0.25, -0.2) is 4.98 Å². The van der Waals surface area contributed by atoms with Crippen LogP contribution in [0, 0.1) is 18.3 Å². The number of aryl methyl sites for hydroxylation is 1. The van der Waals surface area contributed by atoms with Crippen molar-refractivity contribution in [3.05, 3.63) is 71.1 Å². The first-order chi connectivity index (χ1) is 16.4. The molecule has 7 nitrogen and oxygen atoms in total. The highest BCUT2D eigenvalue weighted by Crippen LogP contribution is 2.36. The number of hydrogen-bond donors (Lipinski definition) is 0. The first kappa shape index (κ1) is 23.9. The van der Waals surface area contributed by atoms with Crippen LogP contribution in [0.2, 0.25) is 0 Å². The molecule has 0 spiro atoms. The Hall–Kier alpha value is -3.21. The molecule has 0 N–H and O–H groups in total. The van der Waals surface area contributed by atoms with Crippen molar-refractivity contribution in [2.45, 2.75) is 38.6 Å². The lowest BCUT2D eigenvalue weighted by atomic mass is 9.94. The summed E-state index contributed by atoms with van der Waals surface area (Å²) >= 11 is 6.92. The average molecular weight is 476 g/mol. The van der Waals surface area contributed by atoms with Crippen LogP contribution in [-0.2, 0) is 7.05 Å². The molecule has 176 valence electrons. The standard InChI is InChI=1S/C26H30ClN7/c1-18(17-33-12-8-21(9-13-33)34-11-5-10-31-34)26(27)22-14-20(6-7-24(22)29-3)23(15-28)25-16-30-19(2)32(25)4/h5-7,10-11,14,16,21,23H,3,8-9,12-13,17H2,1-2,4H3/b26-18-. The topological polar surface area (TPSA) is 75.0 Å². The van der Waals surface area contributed by atoms with Crippen molar-refractivity contribution in [2.75, 3.05) is 19.6 Å². The third kappa shape index (κ3) is 4.84. The summed E-state index contributed by atoms with van der Waals surface area (Å²) in [6.45, 7) is 10.5. The minimum absolute atomic E-state index is 0.449. The molecule has 1 saturated heterocycles. The van der Waals surface area contributed by atoms with E-state index in [4.69, 9.17) is 11.6 Å². The van der Waals surface area contributed by atoms with E-state index in [1.807, 2.05) is 55.2 Å². The van der Waals surface area contributed by atoms with Crippen LogP contribution in [0.4, 0.5) is 5.69 Å². The zero-order chi connectivity index (χ0) is 24.2. The summed E-state index contributed by atoms with van der Waals surface area (Å²) in [6.07, 6.45) is 7.77. The summed E-state index contributed by atoms with van der Waals surface area (Å²) in [5, 5.41) is 15.0. The fraction of sp³-hybridized carbons (Fsp3) is 0.385. The number of hydrogen-bond acceptors (Lipinski definition) is 5. The molecule has 1 aliphatic heterocycles. The molecular formula is C26H30ClN7. The molecule has 4 rings (SSSR count). The van der Waals surface area contributed by atoms with Gasteiger partial charge in [0, 0.05) is 44.6 Å². The summed E-state index contributed by atoms with van der Waals surface area (Å²) in [5.74, 6) is 0.417. The molecule has 8 heteroatoms. The predicted molar refractivity (Wildman–Crippen MR) is 136 cm³/mol. The molecule has 1 aliphatic rings. The summed E-state index contributed by atoms with van der Waals surface area (Å²) in [7, 11) is 1.93. The Morgan fingerprint density at radius 3 is 2.71 bits per heavy atom. The van der Waals surface area contributed by atoms with Crippen LogP contribution in [0.5, 0.6) is 0 Å². The van der Waals surface area contributed by atoms with E-state index in [0.29, 0.717) is 16.8 Å². The number of nitriles is 1. The van der Waals surface area contributed by atoms with Gasteiger partial charge in [0.25, 0.3) is 0 Å². The summed E-state index contributed by atoms with van der Waals surface area (Å²) in [5.41, 5.74) is 4.30. The second-order valence-electron chi connectivity index (χ2n) is 8.87. The van der Waals surface area contributed by atoms with Crippen molar-refractivity contribution in [3.8, 4) is 6.07 Å². The molecule has 0 saturated carbocycles. The van der Waals surface area contributed by atoms with Crippen LogP contribution in [0.15, 0.2) is 53.4 Å². The van der Waals surface area contributed by atoms with Crippen molar-refractivity contribution in [1.29, 1.82) is 5.26 Å². The van der Waals surface area contributed by atoms with Gasteiger partial charge in [-0.05, 0) is 62.7 Å². The number of likely N-dealkylation sites (tertiary alicyclic amines) is 1. The Labute approximate surface area is 206 Å². The van der Waals surface area contributed by atoms with Gasteiger partial charge < -0.3 is 4.57 Å². The van der Waals surface area contributed by atoms with Crippen LogP contribution >= 0.6 is 11.6 Å². The molecule has 3 heterocycles. The molecule has 0 bridgehead atoms. The van der Waals surface area contributed by atoms with Gasteiger partial charge >= 0.3 is 0 Å². The van der Waals surface area contributed by atoms with E-state index >= 15 is 0 Å². The minimum Gasteiger partial charge on any atom is -0.334 e. The number of piperidine rings is 1. The monoisotopic (exact) mass is 475 g/mol. The average Bonchev–Trinajstić information content (AvgIpc) is 3.51. The fourth-order valence-electron chi connectivity index (χ4n) is 4.62. The van der Waals surface area contributed by atoms with Gasteiger partial charge in [-0.2, -0.15) is 10.4 Å². The van der Waals surface area contributed by atoms with Crippen molar-refractivity contribution in [1.82, 2.24) is 24.2 Å².